The van der Waals surface area contributed by atoms with Crippen molar-refractivity contribution in [3.8, 4) is 11.5 Å². The summed E-state index contributed by atoms with van der Waals surface area (Å²) in [5.74, 6) is 1.41. The maximum atomic E-state index is 10.1. The van der Waals surface area contributed by atoms with Gasteiger partial charge in [-0.3, -0.25) is 4.90 Å². The second kappa shape index (κ2) is 8.56. The maximum absolute atomic E-state index is 10.1. The molecule has 0 amide bonds. The first-order chi connectivity index (χ1) is 12.9. The Morgan fingerprint density at radius 3 is 2.70 bits per heavy atom. The summed E-state index contributed by atoms with van der Waals surface area (Å²) in [5, 5.41) is 10.8. The van der Waals surface area contributed by atoms with Gasteiger partial charge in [0.15, 0.2) is 11.5 Å². The van der Waals surface area contributed by atoms with Crippen molar-refractivity contribution in [2.45, 2.75) is 51.8 Å². The topological polar surface area (TPSA) is 45.2 Å². The summed E-state index contributed by atoms with van der Waals surface area (Å²) in [7, 11) is 3.85. The molecule has 0 radical (unpaired) electrons. The highest BCUT2D eigenvalue weighted by Crippen LogP contribution is 2.42. The van der Waals surface area contributed by atoms with E-state index < -0.39 is 0 Å². The average molecular weight is 397 g/mol. The first kappa shape index (κ1) is 20.7. The van der Waals surface area contributed by atoms with Crippen LogP contribution in [-0.4, -0.2) is 67.5 Å². The molecular formula is C21H33ClN2O3. The van der Waals surface area contributed by atoms with Gasteiger partial charge in [-0.05, 0) is 64.9 Å². The van der Waals surface area contributed by atoms with Gasteiger partial charge in [0.05, 0.1) is 19.8 Å². The minimum Gasteiger partial charge on any atom is -0.493 e. The molecule has 6 heteroatoms. The third kappa shape index (κ3) is 4.37. The average Bonchev–Trinajstić information content (AvgIpc) is 2.64. The van der Waals surface area contributed by atoms with E-state index in [9.17, 15) is 5.11 Å². The highest BCUT2D eigenvalue weighted by molar-refractivity contribution is 6.31. The molecule has 0 aromatic heterocycles. The van der Waals surface area contributed by atoms with Gasteiger partial charge >= 0.3 is 0 Å². The number of ether oxygens (including phenoxy) is 2. The summed E-state index contributed by atoms with van der Waals surface area (Å²) >= 11 is 6.57. The van der Waals surface area contributed by atoms with Crippen molar-refractivity contribution in [2.24, 2.45) is 5.41 Å². The van der Waals surface area contributed by atoms with Crippen molar-refractivity contribution in [1.29, 1.82) is 0 Å². The molecule has 2 fully saturated rings. The zero-order valence-electron chi connectivity index (χ0n) is 17.0. The van der Waals surface area contributed by atoms with Crippen LogP contribution in [0.2, 0.25) is 5.02 Å². The van der Waals surface area contributed by atoms with Crippen LogP contribution >= 0.6 is 11.6 Å². The van der Waals surface area contributed by atoms with Crippen LogP contribution in [0.5, 0.6) is 11.5 Å². The summed E-state index contributed by atoms with van der Waals surface area (Å²) in [6, 6.07) is 4.26. The molecule has 0 saturated carbocycles. The maximum Gasteiger partial charge on any atom is 0.163 e. The molecule has 2 atom stereocenters. The van der Waals surface area contributed by atoms with Crippen molar-refractivity contribution < 1.29 is 14.6 Å². The Labute approximate surface area is 168 Å². The number of rotatable bonds is 6. The minimum absolute atomic E-state index is 0.0555. The molecule has 0 aliphatic carbocycles. The highest BCUT2D eigenvalue weighted by atomic mass is 35.5. The number of piperidine rings is 2. The molecule has 5 nitrogen and oxygen atoms in total. The number of fused-ring (bicyclic) bond motifs is 1. The molecule has 2 aliphatic rings. The molecule has 0 bridgehead atoms. The van der Waals surface area contributed by atoms with Gasteiger partial charge in [0.25, 0.3) is 0 Å². The molecule has 2 aliphatic heterocycles. The van der Waals surface area contributed by atoms with Crippen molar-refractivity contribution in [2.75, 3.05) is 40.4 Å². The Bertz CT molecular complexity index is 655. The van der Waals surface area contributed by atoms with Crippen LogP contribution < -0.4 is 9.47 Å². The summed E-state index contributed by atoms with van der Waals surface area (Å²) in [4.78, 5) is 4.87. The van der Waals surface area contributed by atoms with Crippen molar-refractivity contribution in [3.63, 3.8) is 0 Å². The molecule has 27 heavy (non-hydrogen) atoms. The number of halogens is 1. The molecule has 152 valence electrons. The van der Waals surface area contributed by atoms with Gasteiger partial charge < -0.3 is 19.5 Å². The molecule has 2 heterocycles. The fourth-order valence-electron chi connectivity index (χ4n) is 4.66. The molecule has 0 spiro atoms. The van der Waals surface area contributed by atoms with Crippen LogP contribution in [0.3, 0.4) is 0 Å². The Hall–Kier alpha value is -1.01. The molecule has 2 saturated heterocycles. The van der Waals surface area contributed by atoms with Crippen molar-refractivity contribution in [1.82, 2.24) is 9.80 Å². The monoisotopic (exact) mass is 396 g/mol. The smallest absolute Gasteiger partial charge is 0.163 e. The predicted octanol–water partition coefficient (Wildman–Crippen LogP) is 3.41. The molecule has 1 aromatic carbocycles. The normalized spacial score (nSPS) is 26.9. The molecule has 0 unspecified atom stereocenters. The van der Waals surface area contributed by atoms with E-state index in [-0.39, 0.29) is 18.1 Å². The molecule has 3 rings (SSSR count). The van der Waals surface area contributed by atoms with E-state index in [1.54, 1.807) is 7.11 Å². The van der Waals surface area contributed by atoms with Crippen LogP contribution in [0.15, 0.2) is 12.1 Å². The third-order valence-electron chi connectivity index (χ3n) is 6.19. The van der Waals surface area contributed by atoms with Gasteiger partial charge in [-0.25, -0.2) is 0 Å². The summed E-state index contributed by atoms with van der Waals surface area (Å²) < 4.78 is 11.3. The summed E-state index contributed by atoms with van der Waals surface area (Å²) in [6.45, 7) is 8.09. The predicted molar refractivity (Wildman–Crippen MR) is 109 cm³/mol. The lowest BCUT2D eigenvalue weighted by molar-refractivity contribution is -0.0684. The quantitative estimate of drug-likeness (QED) is 0.798. The van der Waals surface area contributed by atoms with E-state index in [0.29, 0.717) is 16.8 Å². The Balaban J connectivity index is 1.76. The number of methoxy groups -OCH3 is 1. The lowest BCUT2D eigenvalue weighted by Crippen LogP contribution is -2.61. The van der Waals surface area contributed by atoms with Gasteiger partial charge in [0.1, 0.15) is 0 Å². The summed E-state index contributed by atoms with van der Waals surface area (Å²) in [6.07, 6.45) is 3.40. The summed E-state index contributed by atoms with van der Waals surface area (Å²) in [5.41, 5.74) is 1.11. The van der Waals surface area contributed by atoms with Crippen molar-refractivity contribution in [3.05, 3.63) is 22.7 Å². The van der Waals surface area contributed by atoms with E-state index in [1.807, 2.05) is 26.0 Å². The molecule has 1 aromatic rings. The standard InChI is InChI=1S/C21H33ClN2O3/c1-15(2)27-19-11-17(22)16(10-18(19)26-4)12-24-9-7-21(14-25)6-5-8-23(3)20(21)13-24/h10-11,15,20,25H,5-9,12-14H2,1-4H3/t20-,21-/m1/s1. The number of hydrogen-bond donors (Lipinski definition) is 1. The lowest BCUT2D eigenvalue weighted by Gasteiger charge is -2.53. The molecule has 1 N–H and O–H groups in total. The van der Waals surface area contributed by atoms with Crippen LogP contribution in [0, 0.1) is 5.41 Å². The SMILES string of the molecule is COc1cc(CN2CC[C@@]3(CO)CCCN(C)[C@@H]3C2)c(Cl)cc1OC(C)C. The van der Waals surface area contributed by atoms with Crippen LogP contribution in [0.1, 0.15) is 38.7 Å². The number of aliphatic hydroxyl groups excluding tert-OH is 1. The Morgan fingerprint density at radius 2 is 2.04 bits per heavy atom. The van der Waals surface area contributed by atoms with E-state index in [4.69, 9.17) is 21.1 Å². The zero-order valence-corrected chi connectivity index (χ0v) is 17.8. The fourth-order valence-corrected chi connectivity index (χ4v) is 4.88. The number of hydrogen-bond acceptors (Lipinski definition) is 5. The van der Waals surface area contributed by atoms with Crippen LogP contribution in [-0.2, 0) is 6.54 Å². The highest BCUT2D eigenvalue weighted by Gasteiger charge is 2.46. The van der Waals surface area contributed by atoms with Gasteiger partial charge in [-0.15, -0.1) is 0 Å². The van der Waals surface area contributed by atoms with E-state index in [0.717, 1.165) is 50.3 Å². The van der Waals surface area contributed by atoms with E-state index >= 15 is 0 Å². The largest absolute Gasteiger partial charge is 0.493 e. The van der Waals surface area contributed by atoms with Crippen LogP contribution in [0.25, 0.3) is 0 Å². The second-order valence-corrected chi connectivity index (χ2v) is 8.77. The fraction of sp³-hybridized carbons (Fsp3) is 0.714. The van der Waals surface area contributed by atoms with Gasteiger partial charge in [0, 0.05) is 35.6 Å². The zero-order chi connectivity index (χ0) is 19.6. The number of likely N-dealkylation sites (tertiary alicyclic amines) is 2. The number of benzene rings is 1. The second-order valence-electron chi connectivity index (χ2n) is 8.37. The van der Waals surface area contributed by atoms with Gasteiger partial charge in [-0.1, -0.05) is 11.6 Å². The molecular weight excluding hydrogens is 364 g/mol. The number of nitrogens with zero attached hydrogens (tertiary/aromatic N) is 2. The van der Waals surface area contributed by atoms with Gasteiger partial charge in [-0.2, -0.15) is 0 Å². The van der Waals surface area contributed by atoms with Crippen molar-refractivity contribution >= 4 is 11.6 Å². The Kier molecular flexibility index (Phi) is 6.57. The minimum atomic E-state index is 0.0555. The first-order valence-electron chi connectivity index (χ1n) is 9.95. The lowest BCUT2D eigenvalue weighted by atomic mass is 9.69. The van der Waals surface area contributed by atoms with E-state index in [2.05, 4.69) is 16.8 Å². The number of likely N-dealkylation sites (N-methyl/N-ethyl adjacent to an activating group) is 1. The first-order valence-corrected chi connectivity index (χ1v) is 10.3. The number of aliphatic hydroxyl groups is 1. The Morgan fingerprint density at radius 1 is 1.26 bits per heavy atom. The van der Waals surface area contributed by atoms with Gasteiger partial charge in [0.2, 0.25) is 0 Å². The van der Waals surface area contributed by atoms with E-state index in [1.165, 1.54) is 6.42 Å². The van der Waals surface area contributed by atoms with Crippen LogP contribution in [0.4, 0.5) is 0 Å². The third-order valence-corrected chi connectivity index (χ3v) is 6.54.